The number of hydrogen-bond acceptors (Lipinski definition) is 1. The van der Waals surface area contributed by atoms with Gasteiger partial charge in [0.2, 0.25) is 0 Å². The standard InChI is InChI=1S/C13H15BrFN/c1-3-5-13(16-8-4-2)11-7-6-10(15)9-12(11)14/h1,6-7,9,13,16H,4-5,8H2,2H3. The van der Waals surface area contributed by atoms with Crippen LogP contribution in [0.4, 0.5) is 4.39 Å². The summed E-state index contributed by atoms with van der Waals surface area (Å²) in [6.45, 7) is 3.00. The molecule has 0 spiro atoms. The third-order valence-corrected chi connectivity index (χ3v) is 2.99. The predicted molar refractivity (Wildman–Crippen MR) is 68.6 cm³/mol. The second-order valence-corrected chi connectivity index (χ2v) is 4.44. The summed E-state index contributed by atoms with van der Waals surface area (Å²) in [6.07, 6.45) is 6.98. The van der Waals surface area contributed by atoms with E-state index in [1.54, 1.807) is 6.07 Å². The van der Waals surface area contributed by atoms with E-state index in [2.05, 4.69) is 34.1 Å². The van der Waals surface area contributed by atoms with E-state index in [1.807, 2.05) is 0 Å². The Morgan fingerprint density at radius 3 is 2.88 bits per heavy atom. The highest BCUT2D eigenvalue weighted by molar-refractivity contribution is 9.10. The first-order valence-electron chi connectivity index (χ1n) is 5.30. The smallest absolute Gasteiger partial charge is 0.124 e. The Kier molecular flexibility index (Phi) is 5.51. The van der Waals surface area contributed by atoms with Crippen LogP contribution in [0.5, 0.6) is 0 Å². The van der Waals surface area contributed by atoms with Crippen LogP contribution in [-0.2, 0) is 0 Å². The molecule has 0 saturated carbocycles. The third kappa shape index (κ3) is 3.62. The average molecular weight is 284 g/mol. The van der Waals surface area contributed by atoms with Crippen molar-refractivity contribution in [3.8, 4) is 12.3 Å². The molecule has 0 aliphatic heterocycles. The molecular formula is C13H15BrFN. The lowest BCUT2D eigenvalue weighted by atomic mass is 10.0. The summed E-state index contributed by atoms with van der Waals surface area (Å²) in [4.78, 5) is 0. The molecule has 0 radical (unpaired) electrons. The SMILES string of the molecule is C#CCC(NCCC)c1ccc(F)cc1Br. The van der Waals surface area contributed by atoms with E-state index in [4.69, 9.17) is 6.42 Å². The minimum Gasteiger partial charge on any atom is -0.309 e. The monoisotopic (exact) mass is 283 g/mol. The zero-order valence-corrected chi connectivity index (χ0v) is 10.8. The van der Waals surface area contributed by atoms with Gasteiger partial charge in [-0.1, -0.05) is 28.9 Å². The normalized spacial score (nSPS) is 12.1. The van der Waals surface area contributed by atoms with Gasteiger partial charge in [-0.2, -0.15) is 0 Å². The Morgan fingerprint density at radius 1 is 1.56 bits per heavy atom. The molecule has 0 bridgehead atoms. The zero-order chi connectivity index (χ0) is 12.0. The van der Waals surface area contributed by atoms with Crippen molar-refractivity contribution in [2.24, 2.45) is 0 Å². The molecule has 0 saturated heterocycles. The molecule has 0 aromatic heterocycles. The van der Waals surface area contributed by atoms with Crippen molar-refractivity contribution < 1.29 is 4.39 Å². The maximum Gasteiger partial charge on any atom is 0.124 e. The molecule has 0 heterocycles. The summed E-state index contributed by atoms with van der Waals surface area (Å²) in [5.74, 6) is 2.40. The van der Waals surface area contributed by atoms with Crippen molar-refractivity contribution in [3.63, 3.8) is 0 Å². The predicted octanol–water partition coefficient (Wildman–Crippen LogP) is 3.65. The average Bonchev–Trinajstić information content (AvgIpc) is 2.25. The van der Waals surface area contributed by atoms with Crippen LogP contribution in [0.2, 0.25) is 0 Å². The van der Waals surface area contributed by atoms with E-state index in [-0.39, 0.29) is 11.9 Å². The lowest BCUT2D eigenvalue weighted by Gasteiger charge is -2.18. The van der Waals surface area contributed by atoms with Gasteiger partial charge in [-0.25, -0.2) is 4.39 Å². The first-order valence-corrected chi connectivity index (χ1v) is 6.10. The maximum atomic E-state index is 13.0. The van der Waals surface area contributed by atoms with E-state index >= 15 is 0 Å². The minimum atomic E-state index is -0.245. The lowest BCUT2D eigenvalue weighted by Crippen LogP contribution is -2.22. The van der Waals surface area contributed by atoms with E-state index in [0.717, 1.165) is 23.0 Å². The molecule has 3 heteroatoms. The first kappa shape index (κ1) is 13.2. The van der Waals surface area contributed by atoms with Crippen LogP contribution in [0, 0.1) is 18.2 Å². The fraction of sp³-hybridized carbons (Fsp3) is 0.385. The molecule has 0 fully saturated rings. The van der Waals surface area contributed by atoms with Crippen molar-refractivity contribution in [2.75, 3.05) is 6.54 Å². The van der Waals surface area contributed by atoms with Gasteiger partial charge in [-0.15, -0.1) is 12.3 Å². The Hall–Kier alpha value is -0.850. The van der Waals surface area contributed by atoms with Gasteiger partial charge in [0, 0.05) is 16.9 Å². The van der Waals surface area contributed by atoms with Crippen molar-refractivity contribution in [1.82, 2.24) is 5.32 Å². The number of halogens is 2. The van der Waals surface area contributed by atoms with Gasteiger partial charge in [0.15, 0.2) is 0 Å². The number of nitrogens with one attached hydrogen (secondary N) is 1. The minimum absolute atomic E-state index is 0.0833. The molecule has 1 aromatic carbocycles. The molecular weight excluding hydrogens is 269 g/mol. The molecule has 1 aromatic rings. The lowest BCUT2D eigenvalue weighted by molar-refractivity contribution is 0.538. The van der Waals surface area contributed by atoms with Crippen LogP contribution in [-0.4, -0.2) is 6.54 Å². The van der Waals surface area contributed by atoms with Crippen LogP contribution in [0.25, 0.3) is 0 Å². The van der Waals surface area contributed by atoms with Gasteiger partial charge in [0.05, 0.1) is 0 Å². The summed E-state index contributed by atoms with van der Waals surface area (Å²) in [5, 5.41) is 3.35. The molecule has 16 heavy (non-hydrogen) atoms. The van der Waals surface area contributed by atoms with Gasteiger partial charge in [0.25, 0.3) is 0 Å². The summed E-state index contributed by atoms with van der Waals surface area (Å²) in [6, 6.07) is 4.77. The molecule has 1 N–H and O–H groups in total. The number of terminal acetylenes is 1. The maximum absolute atomic E-state index is 13.0. The fourth-order valence-electron chi connectivity index (χ4n) is 1.51. The van der Waals surface area contributed by atoms with Crippen molar-refractivity contribution in [1.29, 1.82) is 0 Å². The first-order chi connectivity index (χ1) is 7.69. The van der Waals surface area contributed by atoms with E-state index in [9.17, 15) is 4.39 Å². The summed E-state index contributed by atoms with van der Waals surface area (Å²) < 4.78 is 13.7. The fourth-order valence-corrected chi connectivity index (χ4v) is 2.14. The number of benzene rings is 1. The van der Waals surface area contributed by atoms with Gasteiger partial charge < -0.3 is 5.32 Å². The van der Waals surface area contributed by atoms with Gasteiger partial charge in [0.1, 0.15) is 5.82 Å². The van der Waals surface area contributed by atoms with Crippen molar-refractivity contribution in [3.05, 3.63) is 34.1 Å². The molecule has 86 valence electrons. The molecule has 1 atom stereocenters. The number of rotatable bonds is 5. The van der Waals surface area contributed by atoms with E-state index in [1.165, 1.54) is 12.1 Å². The highest BCUT2D eigenvalue weighted by atomic mass is 79.9. The second kappa shape index (κ2) is 6.67. The van der Waals surface area contributed by atoms with Crippen molar-refractivity contribution in [2.45, 2.75) is 25.8 Å². The van der Waals surface area contributed by atoms with Crippen LogP contribution in [0.15, 0.2) is 22.7 Å². The quantitative estimate of drug-likeness (QED) is 0.814. The van der Waals surface area contributed by atoms with Crippen LogP contribution in [0.3, 0.4) is 0 Å². The van der Waals surface area contributed by atoms with Gasteiger partial charge in [-0.05, 0) is 30.7 Å². The molecule has 0 aliphatic rings. The Balaban J connectivity index is 2.88. The highest BCUT2D eigenvalue weighted by Crippen LogP contribution is 2.26. The van der Waals surface area contributed by atoms with E-state index < -0.39 is 0 Å². The summed E-state index contributed by atoms with van der Waals surface area (Å²) in [7, 11) is 0. The van der Waals surface area contributed by atoms with E-state index in [0.29, 0.717) is 6.42 Å². The Bertz CT molecular complexity index is 384. The Labute approximate surface area is 105 Å². The molecule has 0 amide bonds. The highest BCUT2D eigenvalue weighted by Gasteiger charge is 2.12. The second-order valence-electron chi connectivity index (χ2n) is 3.58. The summed E-state index contributed by atoms with van der Waals surface area (Å²) >= 11 is 3.36. The molecule has 1 unspecified atom stereocenters. The third-order valence-electron chi connectivity index (χ3n) is 2.30. The largest absolute Gasteiger partial charge is 0.309 e. The van der Waals surface area contributed by atoms with Gasteiger partial charge in [-0.3, -0.25) is 0 Å². The van der Waals surface area contributed by atoms with Crippen LogP contribution in [0.1, 0.15) is 31.4 Å². The molecule has 1 rings (SSSR count). The van der Waals surface area contributed by atoms with Crippen LogP contribution >= 0.6 is 15.9 Å². The topological polar surface area (TPSA) is 12.0 Å². The van der Waals surface area contributed by atoms with Crippen LogP contribution < -0.4 is 5.32 Å². The Morgan fingerprint density at radius 2 is 2.31 bits per heavy atom. The molecule has 1 nitrogen and oxygen atoms in total. The zero-order valence-electron chi connectivity index (χ0n) is 9.26. The van der Waals surface area contributed by atoms with Crippen molar-refractivity contribution >= 4 is 15.9 Å². The molecule has 0 aliphatic carbocycles. The number of hydrogen-bond donors (Lipinski definition) is 1. The summed E-state index contributed by atoms with van der Waals surface area (Å²) in [5.41, 5.74) is 1.01. The van der Waals surface area contributed by atoms with Gasteiger partial charge >= 0.3 is 0 Å².